The zero-order valence-corrected chi connectivity index (χ0v) is 10.6. The van der Waals surface area contributed by atoms with Gasteiger partial charge in [-0.2, -0.15) is 0 Å². The summed E-state index contributed by atoms with van der Waals surface area (Å²) in [7, 11) is 0. The van der Waals surface area contributed by atoms with E-state index in [1.165, 1.54) is 6.20 Å². The van der Waals surface area contributed by atoms with E-state index >= 15 is 0 Å². The van der Waals surface area contributed by atoms with Crippen LogP contribution in [0.2, 0.25) is 5.15 Å². The van der Waals surface area contributed by atoms with Crippen LogP contribution < -0.4 is 5.32 Å². The van der Waals surface area contributed by atoms with E-state index in [0.29, 0.717) is 23.4 Å². The van der Waals surface area contributed by atoms with E-state index in [1.54, 1.807) is 13.1 Å². The van der Waals surface area contributed by atoms with E-state index in [9.17, 15) is 5.11 Å². The Bertz CT molecular complexity index is 342. The number of aliphatic hydroxyl groups is 1. The largest absolute Gasteiger partial charge is 0.388 e. The average molecular weight is 244 g/mol. The van der Waals surface area contributed by atoms with Crippen LogP contribution in [-0.2, 0) is 0 Å². The third-order valence-corrected chi connectivity index (χ3v) is 2.29. The highest BCUT2D eigenvalue weighted by Crippen LogP contribution is 2.17. The van der Waals surface area contributed by atoms with Gasteiger partial charge in [-0.1, -0.05) is 25.4 Å². The summed E-state index contributed by atoms with van der Waals surface area (Å²) in [5, 5.41) is 13.4. The second-order valence-electron chi connectivity index (χ2n) is 4.68. The summed E-state index contributed by atoms with van der Waals surface area (Å²) in [6, 6.07) is 0. The van der Waals surface area contributed by atoms with Crippen LogP contribution in [0.3, 0.4) is 0 Å². The van der Waals surface area contributed by atoms with Crippen LogP contribution in [0.15, 0.2) is 12.4 Å². The quantitative estimate of drug-likeness (QED) is 0.834. The van der Waals surface area contributed by atoms with Gasteiger partial charge >= 0.3 is 0 Å². The molecule has 1 aromatic rings. The second kappa shape index (κ2) is 5.46. The van der Waals surface area contributed by atoms with Crippen LogP contribution in [0.25, 0.3) is 0 Å². The van der Waals surface area contributed by atoms with Crippen molar-refractivity contribution in [2.75, 3.05) is 11.9 Å². The van der Waals surface area contributed by atoms with Gasteiger partial charge in [-0.05, 0) is 19.3 Å². The fourth-order valence-electron chi connectivity index (χ4n) is 1.66. The minimum absolute atomic E-state index is 0.341. The van der Waals surface area contributed by atoms with Crippen molar-refractivity contribution in [3.8, 4) is 0 Å². The summed E-state index contributed by atoms with van der Waals surface area (Å²) in [5.41, 5.74) is -0.752. The van der Waals surface area contributed by atoms with Crippen molar-refractivity contribution >= 4 is 17.4 Å². The predicted molar refractivity (Wildman–Crippen MR) is 65.6 cm³/mol. The second-order valence-corrected chi connectivity index (χ2v) is 5.06. The lowest BCUT2D eigenvalue weighted by Gasteiger charge is -2.25. The van der Waals surface area contributed by atoms with Crippen molar-refractivity contribution in [2.24, 2.45) is 5.92 Å². The van der Waals surface area contributed by atoms with Gasteiger partial charge in [0, 0.05) is 6.54 Å². The zero-order chi connectivity index (χ0) is 12.2. The van der Waals surface area contributed by atoms with Crippen LogP contribution in [0.1, 0.15) is 27.2 Å². The summed E-state index contributed by atoms with van der Waals surface area (Å²) >= 11 is 5.70. The first-order chi connectivity index (χ1) is 7.39. The number of halogens is 1. The maximum atomic E-state index is 10.1. The smallest absolute Gasteiger partial charge is 0.149 e. The summed E-state index contributed by atoms with van der Waals surface area (Å²) in [5.74, 6) is 1.03. The molecule has 0 aromatic carbocycles. The van der Waals surface area contributed by atoms with Crippen molar-refractivity contribution in [3.05, 3.63) is 17.5 Å². The molecule has 4 nitrogen and oxygen atoms in total. The minimum Gasteiger partial charge on any atom is -0.388 e. The van der Waals surface area contributed by atoms with Crippen molar-refractivity contribution < 1.29 is 5.11 Å². The lowest BCUT2D eigenvalue weighted by atomic mass is 9.94. The van der Waals surface area contributed by atoms with Crippen molar-refractivity contribution in [1.29, 1.82) is 0 Å². The van der Waals surface area contributed by atoms with E-state index in [0.717, 1.165) is 6.42 Å². The monoisotopic (exact) mass is 243 g/mol. The van der Waals surface area contributed by atoms with Gasteiger partial charge in [-0.15, -0.1) is 0 Å². The summed E-state index contributed by atoms with van der Waals surface area (Å²) in [6.45, 7) is 6.39. The number of nitrogens with one attached hydrogen (secondary N) is 1. The average Bonchev–Trinajstić information content (AvgIpc) is 2.13. The first kappa shape index (κ1) is 13.2. The van der Waals surface area contributed by atoms with Crippen LogP contribution in [0.5, 0.6) is 0 Å². The lowest BCUT2D eigenvalue weighted by molar-refractivity contribution is 0.0515. The Morgan fingerprint density at radius 2 is 2.19 bits per heavy atom. The minimum atomic E-state index is -0.752. The van der Waals surface area contributed by atoms with Gasteiger partial charge in [0.15, 0.2) is 0 Å². The highest BCUT2D eigenvalue weighted by molar-refractivity contribution is 6.29. The van der Waals surface area contributed by atoms with Crippen LogP contribution in [0, 0.1) is 5.92 Å². The standard InChI is InChI=1S/C11H18ClN3O/c1-8(2)4-11(3,16)7-14-10-6-13-5-9(12)15-10/h5-6,8,16H,4,7H2,1-3H3,(H,14,15). The lowest BCUT2D eigenvalue weighted by Crippen LogP contribution is -2.35. The highest BCUT2D eigenvalue weighted by atomic mass is 35.5. The molecule has 1 heterocycles. The van der Waals surface area contributed by atoms with Crippen molar-refractivity contribution in [3.63, 3.8) is 0 Å². The third kappa shape index (κ3) is 4.77. The van der Waals surface area contributed by atoms with Gasteiger partial charge in [-0.25, -0.2) is 4.98 Å². The molecule has 0 aliphatic rings. The van der Waals surface area contributed by atoms with Crippen LogP contribution >= 0.6 is 11.6 Å². The molecule has 1 rings (SSSR count). The fourth-order valence-corrected chi connectivity index (χ4v) is 1.81. The Balaban J connectivity index is 2.50. The Morgan fingerprint density at radius 1 is 1.50 bits per heavy atom. The molecule has 2 N–H and O–H groups in total. The van der Waals surface area contributed by atoms with E-state index in [-0.39, 0.29) is 0 Å². The van der Waals surface area contributed by atoms with E-state index in [1.807, 2.05) is 0 Å². The predicted octanol–water partition coefficient (Wildman–Crippen LogP) is 2.34. The molecule has 0 saturated carbocycles. The molecule has 0 spiro atoms. The molecule has 0 fully saturated rings. The number of aromatic nitrogens is 2. The molecule has 0 aliphatic heterocycles. The number of anilines is 1. The van der Waals surface area contributed by atoms with E-state index in [2.05, 4.69) is 29.1 Å². The maximum Gasteiger partial charge on any atom is 0.149 e. The molecule has 0 bridgehead atoms. The van der Waals surface area contributed by atoms with Crippen LogP contribution in [0.4, 0.5) is 5.82 Å². The van der Waals surface area contributed by atoms with Crippen molar-refractivity contribution in [2.45, 2.75) is 32.8 Å². The first-order valence-corrected chi connectivity index (χ1v) is 5.71. The first-order valence-electron chi connectivity index (χ1n) is 5.33. The van der Waals surface area contributed by atoms with Gasteiger partial charge in [0.05, 0.1) is 18.0 Å². The molecule has 1 unspecified atom stereocenters. The van der Waals surface area contributed by atoms with E-state index < -0.39 is 5.60 Å². The fraction of sp³-hybridized carbons (Fsp3) is 0.636. The van der Waals surface area contributed by atoms with Gasteiger partial charge in [0.25, 0.3) is 0 Å². The molecule has 1 atom stereocenters. The number of nitrogens with zero attached hydrogens (tertiary/aromatic N) is 2. The Morgan fingerprint density at radius 3 is 2.75 bits per heavy atom. The summed E-state index contributed by atoms with van der Waals surface area (Å²) in [6.07, 6.45) is 3.78. The number of hydrogen-bond acceptors (Lipinski definition) is 4. The van der Waals surface area contributed by atoms with Gasteiger partial charge < -0.3 is 10.4 Å². The van der Waals surface area contributed by atoms with E-state index in [4.69, 9.17) is 11.6 Å². The molecular weight excluding hydrogens is 226 g/mol. The van der Waals surface area contributed by atoms with Gasteiger partial charge in [-0.3, -0.25) is 4.98 Å². The molecule has 0 radical (unpaired) electrons. The summed E-state index contributed by atoms with van der Waals surface area (Å²) < 4.78 is 0. The topological polar surface area (TPSA) is 58.0 Å². The van der Waals surface area contributed by atoms with Gasteiger partial charge in [0.1, 0.15) is 11.0 Å². The number of hydrogen-bond donors (Lipinski definition) is 2. The van der Waals surface area contributed by atoms with Crippen molar-refractivity contribution in [1.82, 2.24) is 9.97 Å². The number of rotatable bonds is 5. The molecular formula is C11H18ClN3O. The molecule has 16 heavy (non-hydrogen) atoms. The normalized spacial score (nSPS) is 14.9. The van der Waals surface area contributed by atoms with Crippen LogP contribution in [-0.4, -0.2) is 27.2 Å². The third-order valence-electron chi connectivity index (χ3n) is 2.10. The maximum absolute atomic E-state index is 10.1. The molecule has 5 heteroatoms. The molecule has 0 amide bonds. The van der Waals surface area contributed by atoms with Gasteiger partial charge in [0.2, 0.25) is 0 Å². The highest BCUT2D eigenvalue weighted by Gasteiger charge is 2.21. The molecule has 90 valence electrons. The Labute approximate surface area is 101 Å². The molecule has 0 saturated heterocycles. The zero-order valence-electron chi connectivity index (χ0n) is 9.87. The molecule has 1 aromatic heterocycles. The Hall–Kier alpha value is -0.870. The summed E-state index contributed by atoms with van der Waals surface area (Å²) in [4.78, 5) is 7.94. The Kier molecular flexibility index (Phi) is 4.50. The molecule has 0 aliphatic carbocycles. The SMILES string of the molecule is CC(C)CC(C)(O)CNc1cncc(Cl)n1.